The number of hydrogen-bond donors (Lipinski definition) is 1. The molecule has 0 spiro atoms. The smallest absolute Gasteiger partial charge is 0.0819 e. The highest BCUT2D eigenvalue weighted by atomic mass is 16.3. The number of nitrogens with zero attached hydrogens (tertiary/aromatic N) is 2. The van der Waals surface area contributed by atoms with Crippen LogP contribution >= 0.6 is 0 Å². The molecule has 19 heavy (non-hydrogen) atoms. The van der Waals surface area contributed by atoms with Crippen LogP contribution < -0.4 is 0 Å². The van der Waals surface area contributed by atoms with E-state index in [1.807, 2.05) is 30.3 Å². The average molecular weight is 258 g/mol. The first-order valence-corrected chi connectivity index (χ1v) is 7.06. The van der Waals surface area contributed by atoms with Crippen LogP contribution in [-0.2, 0) is 0 Å². The minimum atomic E-state index is -0.352. The molecule has 0 saturated carbocycles. The number of piperidine rings is 1. The Balaban J connectivity index is 1.88. The van der Waals surface area contributed by atoms with Gasteiger partial charge in [0.05, 0.1) is 18.6 Å². The molecule has 1 aliphatic heterocycles. The maximum atomic E-state index is 10.4. The lowest BCUT2D eigenvalue weighted by Gasteiger charge is -2.37. The summed E-state index contributed by atoms with van der Waals surface area (Å²) in [6, 6.07) is 12.5. The van der Waals surface area contributed by atoms with E-state index in [9.17, 15) is 5.11 Å². The van der Waals surface area contributed by atoms with Crippen molar-refractivity contribution in [2.75, 3.05) is 13.1 Å². The number of aliphatic hydroxyl groups excluding tert-OH is 1. The van der Waals surface area contributed by atoms with Crippen molar-refractivity contribution in [2.45, 2.75) is 38.3 Å². The quantitative estimate of drug-likeness (QED) is 0.903. The van der Waals surface area contributed by atoms with E-state index in [2.05, 4.69) is 17.9 Å². The van der Waals surface area contributed by atoms with E-state index in [-0.39, 0.29) is 6.10 Å². The van der Waals surface area contributed by atoms with E-state index < -0.39 is 0 Å². The molecule has 2 rings (SSSR count). The summed E-state index contributed by atoms with van der Waals surface area (Å²) in [7, 11) is 0. The van der Waals surface area contributed by atoms with Gasteiger partial charge in [-0.3, -0.25) is 4.90 Å². The summed E-state index contributed by atoms with van der Waals surface area (Å²) >= 11 is 0. The molecule has 1 fully saturated rings. The Labute approximate surface area is 115 Å². The number of hydrogen-bond acceptors (Lipinski definition) is 3. The fourth-order valence-corrected chi connectivity index (χ4v) is 2.86. The SMILES string of the molecule is CC(CC#N)N1CCC(C(O)c2ccccc2)CC1. The van der Waals surface area contributed by atoms with Gasteiger partial charge in [0.2, 0.25) is 0 Å². The molecule has 1 N–H and O–H groups in total. The second-order valence-electron chi connectivity index (χ2n) is 5.44. The molecular weight excluding hydrogens is 236 g/mol. The fourth-order valence-electron chi connectivity index (χ4n) is 2.86. The Bertz CT molecular complexity index is 418. The van der Waals surface area contributed by atoms with Gasteiger partial charge in [0.25, 0.3) is 0 Å². The molecular formula is C16H22N2O. The topological polar surface area (TPSA) is 47.3 Å². The zero-order chi connectivity index (χ0) is 13.7. The first-order chi connectivity index (χ1) is 9.22. The zero-order valence-corrected chi connectivity index (χ0v) is 11.5. The molecule has 0 aliphatic carbocycles. The molecule has 0 amide bonds. The Hall–Kier alpha value is -1.37. The van der Waals surface area contributed by atoms with Gasteiger partial charge in [0.15, 0.2) is 0 Å². The molecule has 0 radical (unpaired) electrons. The summed E-state index contributed by atoms with van der Waals surface area (Å²) in [5.74, 6) is 0.341. The van der Waals surface area contributed by atoms with E-state index in [1.54, 1.807) is 0 Å². The van der Waals surface area contributed by atoms with Gasteiger partial charge in [-0.2, -0.15) is 5.26 Å². The number of benzene rings is 1. The summed E-state index contributed by atoms with van der Waals surface area (Å²) in [4.78, 5) is 2.36. The van der Waals surface area contributed by atoms with Crippen LogP contribution in [0.1, 0.15) is 37.9 Å². The Morgan fingerprint density at radius 1 is 1.32 bits per heavy atom. The highest BCUT2D eigenvalue weighted by Crippen LogP contribution is 2.31. The predicted molar refractivity (Wildman–Crippen MR) is 75.4 cm³/mol. The van der Waals surface area contributed by atoms with Gasteiger partial charge in [0, 0.05) is 6.04 Å². The van der Waals surface area contributed by atoms with E-state index >= 15 is 0 Å². The van der Waals surface area contributed by atoms with Crippen molar-refractivity contribution < 1.29 is 5.11 Å². The minimum absolute atomic E-state index is 0.333. The van der Waals surface area contributed by atoms with Crippen LogP contribution in [0.2, 0.25) is 0 Å². The first kappa shape index (κ1) is 14.0. The van der Waals surface area contributed by atoms with Crippen molar-refractivity contribution in [3.8, 4) is 6.07 Å². The third-order valence-electron chi connectivity index (χ3n) is 4.17. The molecule has 3 nitrogen and oxygen atoms in total. The van der Waals surface area contributed by atoms with Crippen molar-refractivity contribution in [2.24, 2.45) is 5.92 Å². The van der Waals surface area contributed by atoms with Crippen LogP contribution in [0.3, 0.4) is 0 Å². The van der Waals surface area contributed by atoms with Crippen LogP contribution in [0.4, 0.5) is 0 Å². The Morgan fingerprint density at radius 2 is 1.95 bits per heavy atom. The molecule has 1 saturated heterocycles. The van der Waals surface area contributed by atoms with Crippen molar-refractivity contribution in [1.29, 1.82) is 5.26 Å². The molecule has 1 heterocycles. The van der Waals surface area contributed by atoms with Crippen LogP contribution in [0.5, 0.6) is 0 Å². The van der Waals surface area contributed by atoms with Gasteiger partial charge >= 0.3 is 0 Å². The minimum Gasteiger partial charge on any atom is -0.388 e. The lowest BCUT2D eigenvalue weighted by molar-refractivity contribution is 0.0480. The Morgan fingerprint density at radius 3 is 2.53 bits per heavy atom. The van der Waals surface area contributed by atoms with Gasteiger partial charge in [0.1, 0.15) is 0 Å². The zero-order valence-electron chi connectivity index (χ0n) is 11.5. The van der Waals surface area contributed by atoms with Gasteiger partial charge < -0.3 is 5.11 Å². The highest BCUT2D eigenvalue weighted by Gasteiger charge is 2.27. The number of aliphatic hydroxyl groups is 1. The summed E-state index contributed by atoms with van der Waals surface area (Å²) in [5, 5.41) is 19.1. The lowest BCUT2D eigenvalue weighted by atomic mass is 9.87. The van der Waals surface area contributed by atoms with Crippen molar-refractivity contribution in [1.82, 2.24) is 4.90 Å². The molecule has 1 aromatic carbocycles. The van der Waals surface area contributed by atoms with E-state index in [1.165, 1.54) is 0 Å². The lowest BCUT2D eigenvalue weighted by Crippen LogP contribution is -2.40. The van der Waals surface area contributed by atoms with Crippen LogP contribution in [-0.4, -0.2) is 29.1 Å². The van der Waals surface area contributed by atoms with E-state index in [4.69, 9.17) is 5.26 Å². The van der Waals surface area contributed by atoms with Gasteiger partial charge in [-0.1, -0.05) is 30.3 Å². The first-order valence-electron chi connectivity index (χ1n) is 7.06. The fraction of sp³-hybridized carbons (Fsp3) is 0.562. The maximum absolute atomic E-state index is 10.4. The van der Waals surface area contributed by atoms with Gasteiger partial charge in [-0.25, -0.2) is 0 Å². The summed E-state index contributed by atoms with van der Waals surface area (Å²) in [5.41, 5.74) is 1.02. The van der Waals surface area contributed by atoms with Crippen LogP contribution in [0.25, 0.3) is 0 Å². The molecule has 1 aliphatic rings. The van der Waals surface area contributed by atoms with Crippen LogP contribution in [0, 0.1) is 17.2 Å². The van der Waals surface area contributed by atoms with Crippen molar-refractivity contribution in [3.63, 3.8) is 0 Å². The Kier molecular flexibility index (Phi) is 4.95. The van der Waals surface area contributed by atoms with Gasteiger partial charge in [-0.15, -0.1) is 0 Å². The molecule has 2 unspecified atom stereocenters. The van der Waals surface area contributed by atoms with E-state index in [0.29, 0.717) is 18.4 Å². The molecule has 0 aromatic heterocycles. The van der Waals surface area contributed by atoms with Gasteiger partial charge in [-0.05, 0) is 44.3 Å². The number of nitriles is 1. The standard InChI is InChI=1S/C16H22N2O/c1-13(7-10-17)18-11-8-15(9-12-18)16(19)14-5-3-2-4-6-14/h2-6,13,15-16,19H,7-9,11-12H2,1H3. The largest absolute Gasteiger partial charge is 0.388 e. The average Bonchev–Trinajstić information content (AvgIpc) is 2.48. The highest BCUT2D eigenvalue weighted by molar-refractivity contribution is 5.18. The molecule has 1 aromatic rings. The second-order valence-corrected chi connectivity index (χ2v) is 5.44. The summed E-state index contributed by atoms with van der Waals surface area (Å²) in [6.07, 6.45) is 2.25. The maximum Gasteiger partial charge on any atom is 0.0819 e. The van der Waals surface area contributed by atoms with Crippen molar-refractivity contribution >= 4 is 0 Å². The van der Waals surface area contributed by atoms with Crippen LogP contribution in [0.15, 0.2) is 30.3 Å². The monoisotopic (exact) mass is 258 g/mol. The predicted octanol–water partition coefficient (Wildman–Crippen LogP) is 2.73. The number of rotatable bonds is 4. The molecule has 3 heteroatoms. The number of likely N-dealkylation sites (tertiary alicyclic amines) is 1. The van der Waals surface area contributed by atoms with E-state index in [0.717, 1.165) is 31.5 Å². The van der Waals surface area contributed by atoms with Crippen molar-refractivity contribution in [3.05, 3.63) is 35.9 Å². The summed E-state index contributed by atoms with van der Waals surface area (Å²) < 4.78 is 0. The molecule has 2 atom stereocenters. The molecule has 0 bridgehead atoms. The third kappa shape index (κ3) is 3.56. The third-order valence-corrected chi connectivity index (χ3v) is 4.17. The molecule has 102 valence electrons. The normalized spacial score (nSPS) is 20.7. The second kappa shape index (κ2) is 6.70. The summed E-state index contributed by atoms with van der Waals surface area (Å²) in [6.45, 7) is 4.08.